The second-order valence-electron chi connectivity index (χ2n) is 5.72. The van der Waals surface area contributed by atoms with Gasteiger partial charge in [0.2, 0.25) is 5.91 Å². The Hall–Kier alpha value is -1.85. The molecule has 1 aromatic carbocycles. The Morgan fingerprint density at radius 1 is 1.27 bits per heavy atom. The van der Waals surface area contributed by atoms with Crippen LogP contribution in [0.3, 0.4) is 0 Å². The van der Waals surface area contributed by atoms with E-state index in [0.717, 1.165) is 37.9 Å². The predicted molar refractivity (Wildman–Crippen MR) is 86.9 cm³/mol. The van der Waals surface area contributed by atoms with Gasteiger partial charge < -0.3 is 20.4 Å². The van der Waals surface area contributed by atoms with Gasteiger partial charge >= 0.3 is 0 Å². The van der Waals surface area contributed by atoms with Crippen LogP contribution in [0.2, 0.25) is 0 Å². The maximum Gasteiger partial charge on any atom is 0.246 e. The number of H-pyrrole nitrogens is 1. The zero-order valence-electron chi connectivity index (χ0n) is 12.7. The van der Waals surface area contributed by atoms with Crippen LogP contribution < -0.4 is 10.6 Å². The second-order valence-corrected chi connectivity index (χ2v) is 5.72. The summed E-state index contributed by atoms with van der Waals surface area (Å²) in [5.74, 6) is -0.0293. The van der Waals surface area contributed by atoms with E-state index in [0.29, 0.717) is 6.54 Å². The van der Waals surface area contributed by atoms with E-state index in [1.807, 2.05) is 18.3 Å². The van der Waals surface area contributed by atoms with E-state index >= 15 is 0 Å². The van der Waals surface area contributed by atoms with Crippen molar-refractivity contribution in [2.45, 2.75) is 25.4 Å². The van der Waals surface area contributed by atoms with E-state index in [4.69, 9.17) is 4.74 Å². The molecule has 0 saturated carbocycles. The number of carbonyl (C=O) groups is 1. The summed E-state index contributed by atoms with van der Waals surface area (Å²) in [5.41, 5.74) is 2.37. The first-order valence-corrected chi connectivity index (χ1v) is 7.97. The molecule has 0 radical (unpaired) electrons. The predicted octanol–water partition coefficient (Wildman–Crippen LogP) is 1.60. The lowest BCUT2D eigenvalue weighted by atomic mass is 10.1. The number of fused-ring (bicyclic) bond motifs is 1. The van der Waals surface area contributed by atoms with Gasteiger partial charge in [-0.25, -0.2) is 0 Å². The average Bonchev–Trinajstić information content (AvgIpc) is 2.97. The normalized spacial score (nSPS) is 16.0. The second kappa shape index (κ2) is 7.42. The van der Waals surface area contributed by atoms with E-state index in [9.17, 15) is 4.79 Å². The van der Waals surface area contributed by atoms with Crippen LogP contribution in [-0.4, -0.2) is 43.2 Å². The summed E-state index contributed by atoms with van der Waals surface area (Å²) in [7, 11) is 0. The smallest absolute Gasteiger partial charge is 0.246 e. The first-order valence-electron chi connectivity index (χ1n) is 7.97. The number of rotatable bonds is 6. The number of piperidine rings is 1. The topological polar surface area (TPSA) is 66.2 Å². The number of hydrogen-bond acceptors (Lipinski definition) is 3. The molecule has 0 unspecified atom stereocenters. The van der Waals surface area contributed by atoms with Gasteiger partial charge in [0.25, 0.3) is 0 Å². The lowest BCUT2D eigenvalue weighted by molar-refractivity contribution is -0.128. The molecular weight excluding hydrogens is 278 g/mol. The first kappa shape index (κ1) is 15.1. The quantitative estimate of drug-likeness (QED) is 0.759. The van der Waals surface area contributed by atoms with Crippen molar-refractivity contribution in [1.82, 2.24) is 15.6 Å². The Kier molecular flexibility index (Phi) is 5.08. The Balaban J connectivity index is 1.40. The van der Waals surface area contributed by atoms with Gasteiger partial charge in [-0.3, -0.25) is 4.79 Å². The molecule has 0 bridgehead atoms. The van der Waals surface area contributed by atoms with Crippen LogP contribution in [-0.2, 0) is 16.0 Å². The molecule has 1 aliphatic rings. The Morgan fingerprint density at radius 2 is 2.09 bits per heavy atom. The molecule has 0 atom stereocenters. The maximum atomic E-state index is 11.8. The minimum Gasteiger partial charge on any atom is -0.368 e. The molecule has 5 nitrogen and oxygen atoms in total. The lowest BCUT2D eigenvalue weighted by Crippen LogP contribution is -2.36. The van der Waals surface area contributed by atoms with Crippen molar-refractivity contribution >= 4 is 16.8 Å². The van der Waals surface area contributed by atoms with E-state index < -0.39 is 0 Å². The van der Waals surface area contributed by atoms with Crippen molar-refractivity contribution in [2.75, 3.05) is 26.2 Å². The zero-order valence-corrected chi connectivity index (χ0v) is 12.7. The lowest BCUT2D eigenvalue weighted by Gasteiger charge is -2.22. The van der Waals surface area contributed by atoms with Crippen LogP contribution in [0.25, 0.3) is 10.9 Å². The Morgan fingerprint density at radius 3 is 2.95 bits per heavy atom. The molecule has 1 aliphatic heterocycles. The van der Waals surface area contributed by atoms with Crippen LogP contribution >= 0.6 is 0 Å². The molecule has 118 valence electrons. The van der Waals surface area contributed by atoms with Gasteiger partial charge in [0.05, 0.1) is 6.10 Å². The molecule has 2 heterocycles. The molecule has 0 aliphatic carbocycles. The van der Waals surface area contributed by atoms with E-state index in [1.165, 1.54) is 10.9 Å². The number of nitrogens with one attached hydrogen (secondary N) is 3. The minimum atomic E-state index is -0.0293. The summed E-state index contributed by atoms with van der Waals surface area (Å²) < 4.78 is 5.64. The number of carbonyl (C=O) groups excluding carboxylic acids is 1. The van der Waals surface area contributed by atoms with Crippen molar-refractivity contribution < 1.29 is 9.53 Å². The zero-order chi connectivity index (χ0) is 15.2. The molecular formula is C17H23N3O2. The standard InChI is InChI=1S/C17H23N3O2/c21-17(12-22-14-6-8-18-9-7-14)19-10-5-13-11-20-16-4-2-1-3-15(13)16/h1-4,11,14,18,20H,5-10,12H2,(H,19,21). The highest BCUT2D eigenvalue weighted by atomic mass is 16.5. The summed E-state index contributed by atoms with van der Waals surface area (Å²) in [6.45, 7) is 2.76. The first-order chi connectivity index (χ1) is 10.8. The monoisotopic (exact) mass is 301 g/mol. The Labute approximate surface area is 130 Å². The van der Waals surface area contributed by atoms with Gasteiger partial charge in [-0.05, 0) is 44.0 Å². The minimum absolute atomic E-state index is 0.0293. The molecule has 22 heavy (non-hydrogen) atoms. The number of para-hydroxylation sites is 1. The van der Waals surface area contributed by atoms with Crippen LogP contribution in [0.15, 0.2) is 30.5 Å². The van der Waals surface area contributed by atoms with E-state index in [-0.39, 0.29) is 18.6 Å². The van der Waals surface area contributed by atoms with Crippen LogP contribution in [0.1, 0.15) is 18.4 Å². The van der Waals surface area contributed by atoms with Crippen LogP contribution in [0.4, 0.5) is 0 Å². The molecule has 3 rings (SSSR count). The van der Waals surface area contributed by atoms with E-state index in [2.05, 4.69) is 27.8 Å². The van der Waals surface area contributed by atoms with Gasteiger partial charge in [-0.1, -0.05) is 18.2 Å². The molecule has 2 aromatic rings. The number of ether oxygens (including phenoxy) is 1. The highest BCUT2D eigenvalue weighted by Gasteiger charge is 2.14. The SMILES string of the molecule is O=C(COC1CCNCC1)NCCc1c[nH]c2ccccc12. The molecule has 1 aromatic heterocycles. The highest BCUT2D eigenvalue weighted by molar-refractivity contribution is 5.83. The fourth-order valence-electron chi connectivity index (χ4n) is 2.88. The van der Waals surface area contributed by atoms with Crippen LogP contribution in [0.5, 0.6) is 0 Å². The van der Waals surface area contributed by atoms with Crippen molar-refractivity contribution in [3.63, 3.8) is 0 Å². The number of aromatic amines is 1. The largest absolute Gasteiger partial charge is 0.368 e. The molecule has 0 spiro atoms. The average molecular weight is 301 g/mol. The summed E-state index contributed by atoms with van der Waals surface area (Å²) >= 11 is 0. The summed E-state index contributed by atoms with van der Waals surface area (Å²) in [6.07, 6.45) is 5.04. The third-order valence-corrected chi connectivity index (χ3v) is 4.13. The fourth-order valence-corrected chi connectivity index (χ4v) is 2.88. The van der Waals surface area contributed by atoms with Crippen molar-refractivity contribution in [2.24, 2.45) is 0 Å². The maximum absolute atomic E-state index is 11.8. The van der Waals surface area contributed by atoms with E-state index in [1.54, 1.807) is 0 Å². The summed E-state index contributed by atoms with van der Waals surface area (Å²) in [4.78, 5) is 15.1. The Bertz CT molecular complexity index is 617. The highest BCUT2D eigenvalue weighted by Crippen LogP contribution is 2.17. The molecule has 1 fully saturated rings. The summed E-state index contributed by atoms with van der Waals surface area (Å²) in [6, 6.07) is 8.21. The number of hydrogen-bond donors (Lipinski definition) is 3. The number of aromatic nitrogens is 1. The van der Waals surface area contributed by atoms with Crippen LogP contribution in [0, 0.1) is 0 Å². The number of benzene rings is 1. The molecule has 1 saturated heterocycles. The van der Waals surface area contributed by atoms with Gasteiger partial charge in [0, 0.05) is 23.6 Å². The van der Waals surface area contributed by atoms with Crippen molar-refractivity contribution in [3.8, 4) is 0 Å². The third-order valence-electron chi connectivity index (χ3n) is 4.13. The van der Waals surface area contributed by atoms with Crippen molar-refractivity contribution in [1.29, 1.82) is 0 Å². The molecule has 5 heteroatoms. The molecule has 3 N–H and O–H groups in total. The van der Waals surface area contributed by atoms with Gasteiger partial charge in [-0.2, -0.15) is 0 Å². The van der Waals surface area contributed by atoms with Crippen molar-refractivity contribution in [3.05, 3.63) is 36.0 Å². The third kappa shape index (κ3) is 3.87. The van der Waals surface area contributed by atoms with Gasteiger partial charge in [-0.15, -0.1) is 0 Å². The summed E-state index contributed by atoms with van der Waals surface area (Å²) in [5, 5.41) is 7.44. The number of amides is 1. The van der Waals surface area contributed by atoms with Gasteiger partial charge in [0.15, 0.2) is 0 Å². The molecule has 1 amide bonds. The van der Waals surface area contributed by atoms with Gasteiger partial charge in [0.1, 0.15) is 6.61 Å². The fraction of sp³-hybridized carbons (Fsp3) is 0.471.